The van der Waals surface area contributed by atoms with Gasteiger partial charge in [-0.2, -0.15) is 0 Å². The van der Waals surface area contributed by atoms with Gasteiger partial charge in [0.15, 0.2) is 0 Å². The molecule has 0 bridgehead atoms. The second-order valence-electron chi connectivity index (χ2n) is 8.29. The molecule has 1 atom stereocenters. The van der Waals surface area contributed by atoms with Crippen LogP contribution < -0.4 is 9.62 Å². The van der Waals surface area contributed by atoms with E-state index in [1.165, 1.54) is 15.9 Å². The van der Waals surface area contributed by atoms with E-state index in [1.54, 1.807) is 30.3 Å². The molecule has 0 unspecified atom stereocenters. The third-order valence-electron chi connectivity index (χ3n) is 5.84. The fourth-order valence-electron chi connectivity index (χ4n) is 4.00. The molecule has 5 nitrogen and oxygen atoms in total. The highest BCUT2D eigenvalue weighted by Gasteiger charge is 2.30. The van der Waals surface area contributed by atoms with Crippen LogP contribution in [0.3, 0.4) is 0 Å². The first-order valence-electron chi connectivity index (χ1n) is 11.2. The van der Waals surface area contributed by atoms with Crippen LogP contribution >= 0.6 is 0 Å². The van der Waals surface area contributed by atoms with Gasteiger partial charge >= 0.3 is 0 Å². The molecule has 0 aliphatic carbocycles. The summed E-state index contributed by atoms with van der Waals surface area (Å²) in [6.45, 7) is 2.44. The van der Waals surface area contributed by atoms with Crippen LogP contribution in [0, 0.1) is 0 Å². The number of aryl methyl sites for hydroxylation is 1. The number of carbonyl (C=O) groups excluding carboxylic acids is 1. The topological polar surface area (TPSA) is 66.5 Å². The maximum atomic E-state index is 13.1. The first-order chi connectivity index (χ1) is 15.9. The van der Waals surface area contributed by atoms with Gasteiger partial charge < -0.3 is 5.32 Å². The van der Waals surface area contributed by atoms with Gasteiger partial charge in [0.1, 0.15) is 0 Å². The highest BCUT2D eigenvalue weighted by Crippen LogP contribution is 2.32. The van der Waals surface area contributed by atoms with Crippen molar-refractivity contribution >= 4 is 27.7 Å². The number of para-hydroxylation sites is 1. The average molecular weight is 461 g/mol. The molecule has 33 heavy (non-hydrogen) atoms. The monoisotopic (exact) mass is 460 g/mol. The molecule has 0 spiro atoms. The van der Waals surface area contributed by atoms with Crippen molar-refractivity contribution in [3.63, 3.8) is 0 Å². The van der Waals surface area contributed by atoms with Crippen molar-refractivity contribution in [2.75, 3.05) is 10.8 Å². The smallest absolute Gasteiger partial charge is 0.264 e. The number of nitrogens with zero attached hydrogens (tertiary/aromatic N) is 1. The summed E-state index contributed by atoms with van der Waals surface area (Å²) in [6.07, 6.45) is 5.66. The van der Waals surface area contributed by atoms with Crippen LogP contribution in [0.25, 0.3) is 6.08 Å². The van der Waals surface area contributed by atoms with Gasteiger partial charge in [-0.15, -0.1) is 0 Å². The highest BCUT2D eigenvalue weighted by molar-refractivity contribution is 7.92. The Labute approximate surface area is 195 Å². The molecule has 0 aromatic heterocycles. The summed E-state index contributed by atoms with van der Waals surface area (Å²) in [7, 11) is -3.62. The van der Waals surface area contributed by atoms with E-state index in [-0.39, 0.29) is 16.8 Å². The third-order valence-corrected chi connectivity index (χ3v) is 7.66. The summed E-state index contributed by atoms with van der Waals surface area (Å²) in [4.78, 5) is 12.5. The zero-order valence-electron chi connectivity index (χ0n) is 18.6. The predicted molar refractivity (Wildman–Crippen MR) is 133 cm³/mol. The molecule has 1 aliphatic heterocycles. The molecule has 0 fully saturated rings. The highest BCUT2D eigenvalue weighted by atomic mass is 32.2. The fraction of sp³-hybridized carbons (Fsp3) is 0.222. The normalized spacial score (nSPS) is 14.3. The number of anilines is 1. The number of nitrogens with one attached hydrogen (secondary N) is 1. The molecule has 0 radical (unpaired) electrons. The lowest BCUT2D eigenvalue weighted by atomic mass is 10.1. The maximum Gasteiger partial charge on any atom is 0.264 e. The largest absolute Gasteiger partial charge is 0.350 e. The number of fused-ring (bicyclic) bond motifs is 1. The molecule has 170 valence electrons. The number of benzene rings is 3. The standard InChI is InChI=1S/C27H28N2O3S/c1-21(11-12-22-7-3-2-4-8-22)28-27(30)18-15-23-13-16-25(17-14-23)33(31,32)29-20-19-24-9-5-6-10-26(24)29/h2-10,13-18,21H,11-12,19-20H2,1H3,(H,28,30)/b18-15+/t21-/m1/s1. The minimum absolute atomic E-state index is 0.0539. The molecule has 4 rings (SSSR count). The van der Waals surface area contributed by atoms with Gasteiger partial charge in [-0.25, -0.2) is 8.42 Å². The van der Waals surface area contributed by atoms with Crippen LogP contribution in [-0.4, -0.2) is 26.9 Å². The lowest BCUT2D eigenvalue weighted by Crippen LogP contribution is -2.31. The van der Waals surface area contributed by atoms with Crippen LogP contribution in [0.15, 0.2) is 89.8 Å². The predicted octanol–water partition coefficient (Wildman–Crippen LogP) is 4.59. The van der Waals surface area contributed by atoms with Crippen LogP contribution in [0.4, 0.5) is 5.69 Å². The van der Waals surface area contributed by atoms with Crippen molar-refractivity contribution in [3.05, 3.63) is 102 Å². The third kappa shape index (κ3) is 5.52. The van der Waals surface area contributed by atoms with E-state index in [4.69, 9.17) is 0 Å². The zero-order chi connectivity index (χ0) is 23.3. The Bertz CT molecular complexity index is 1240. The second kappa shape index (κ2) is 10.0. The van der Waals surface area contributed by atoms with Gasteiger partial charge in [0, 0.05) is 18.7 Å². The van der Waals surface area contributed by atoms with Gasteiger partial charge in [-0.3, -0.25) is 9.10 Å². The quantitative estimate of drug-likeness (QED) is 0.500. The Morgan fingerprint density at radius 3 is 2.45 bits per heavy atom. The van der Waals surface area contributed by atoms with Gasteiger partial charge in [0.2, 0.25) is 5.91 Å². The summed E-state index contributed by atoms with van der Waals surface area (Å²) in [6, 6.07) is 24.5. The minimum atomic E-state index is -3.62. The van der Waals surface area contributed by atoms with E-state index < -0.39 is 10.0 Å². The minimum Gasteiger partial charge on any atom is -0.350 e. The summed E-state index contributed by atoms with van der Waals surface area (Å²) in [5.74, 6) is -0.166. The van der Waals surface area contributed by atoms with Crippen molar-refractivity contribution in [1.82, 2.24) is 5.32 Å². The summed E-state index contributed by atoms with van der Waals surface area (Å²) < 4.78 is 27.7. The molecule has 1 N–H and O–H groups in total. The average Bonchev–Trinajstić information content (AvgIpc) is 3.27. The van der Waals surface area contributed by atoms with Crippen molar-refractivity contribution in [2.24, 2.45) is 0 Å². The summed E-state index contributed by atoms with van der Waals surface area (Å²) in [5, 5.41) is 2.97. The van der Waals surface area contributed by atoms with Gasteiger partial charge in [-0.05, 0) is 67.2 Å². The van der Waals surface area contributed by atoms with Crippen LogP contribution in [-0.2, 0) is 27.7 Å². The second-order valence-corrected chi connectivity index (χ2v) is 10.2. The molecule has 1 amide bonds. The Kier molecular flexibility index (Phi) is 6.94. The SMILES string of the molecule is C[C@H](CCc1ccccc1)NC(=O)/C=C/c1ccc(S(=O)(=O)N2CCc3ccccc32)cc1. The van der Waals surface area contributed by atoms with E-state index >= 15 is 0 Å². The van der Waals surface area contributed by atoms with Gasteiger partial charge in [0.25, 0.3) is 10.0 Å². The maximum absolute atomic E-state index is 13.1. The van der Waals surface area contributed by atoms with E-state index in [0.717, 1.165) is 36.1 Å². The number of hydrogen-bond donors (Lipinski definition) is 1. The Morgan fingerprint density at radius 2 is 1.70 bits per heavy atom. The van der Waals surface area contributed by atoms with Gasteiger partial charge in [-0.1, -0.05) is 60.7 Å². The molecule has 6 heteroatoms. The van der Waals surface area contributed by atoms with Gasteiger partial charge in [0.05, 0.1) is 10.6 Å². The summed E-state index contributed by atoms with van der Waals surface area (Å²) >= 11 is 0. The zero-order valence-corrected chi connectivity index (χ0v) is 19.5. The molecular weight excluding hydrogens is 432 g/mol. The number of rotatable bonds is 8. The van der Waals surface area contributed by atoms with E-state index in [2.05, 4.69) is 17.4 Å². The molecule has 1 heterocycles. The molecule has 0 saturated carbocycles. The number of amides is 1. The Hall–Kier alpha value is -3.38. The summed E-state index contributed by atoms with van der Waals surface area (Å²) in [5.41, 5.74) is 3.81. The first kappa shape index (κ1) is 22.8. The van der Waals surface area contributed by atoms with Crippen molar-refractivity contribution in [3.8, 4) is 0 Å². The van der Waals surface area contributed by atoms with Crippen molar-refractivity contribution < 1.29 is 13.2 Å². The van der Waals surface area contributed by atoms with Crippen LogP contribution in [0.5, 0.6) is 0 Å². The molecule has 1 aliphatic rings. The Balaban J connectivity index is 1.34. The molecule has 0 saturated heterocycles. The van der Waals surface area contributed by atoms with Crippen molar-refractivity contribution in [1.29, 1.82) is 0 Å². The molecule has 3 aromatic rings. The van der Waals surface area contributed by atoms with E-state index in [1.807, 2.05) is 49.4 Å². The lowest BCUT2D eigenvalue weighted by Gasteiger charge is -2.19. The van der Waals surface area contributed by atoms with Crippen LogP contribution in [0.1, 0.15) is 30.0 Å². The lowest BCUT2D eigenvalue weighted by molar-refractivity contribution is -0.117. The number of carbonyl (C=O) groups is 1. The Morgan fingerprint density at radius 1 is 1.00 bits per heavy atom. The fourth-order valence-corrected chi connectivity index (χ4v) is 5.50. The van der Waals surface area contributed by atoms with Crippen LogP contribution in [0.2, 0.25) is 0 Å². The van der Waals surface area contributed by atoms with E-state index in [9.17, 15) is 13.2 Å². The molecule has 3 aromatic carbocycles. The number of sulfonamides is 1. The first-order valence-corrected chi connectivity index (χ1v) is 12.6. The molecular formula is C27H28N2O3S. The van der Waals surface area contributed by atoms with E-state index in [0.29, 0.717) is 6.54 Å². The van der Waals surface area contributed by atoms with Crippen molar-refractivity contribution in [2.45, 2.75) is 37.1 Å². The number of hydrogen-bond acceptors (Lipinski definition) is 3.